The Kier molecular flexibility index (Phi) is 3.84. The molecule has 0 aliphatic carbocycles. The van der Waals surface area contributed by atoms with E-state index in [1.54, 1.807) is 0 Å². The molecule has 0 saturated carbocycles. The zero-order valence-corrected chi connectivity index (χ0v) is 10.7. The summed E-state index contributed by atoms with van der Waals surface area (Å²) in [6.45, 7) is 1.99. The fourth-order valence-electron chi connectivity index (χ4n) is 2.09. The van der Waals surface area contributed by atoms with Crippen LogP contribution in [0.25, 0.3) is 11.0 Å². The molecule has 0 amide bonds. The van der Waals surface area contributed by atoms with Crippen LogP contribution in [0.4, 0.5) is 11.6 Å². The van der Waals surface area contributed by atoms with Gasteiger partial charge in [-0.25, -0.2) is 9.97 Å². The van der Waals surface area contributed by atoms with Crippen LogP contribution in [0.15, 0.2) is 24.3 Å². The monoisotopic (exact) mass is 265 g/mol. The zero-order chi connectivity index (χ0) is 11.7. The molecule has 1 saturated heterocycles. The molecule has 5 nitrogen and oxygen atoms in total. The molecule has 1 atom stereocenters. The van der Waals surface area contributed by atoms with Crippen molar-refractivity contribution in [2.24, 2.45) is 0 Å². The number of nitrogens with zero attached hydrogens (tertiary/aromatic N) is 2. The number of nitrogens with two attached hydrogens (primary N) is 1. The third-order valence-electron chi connectivity index (χ3n) is 3.00. The van der Waals surface area contributed by atoms with Gasteiger partial charge in [0.05, 0.1) is 11.0 Å². The van der Waals surface area contributed by atoms with E-state index in [1.165, 1.54) is 0 Å². The molecule has 18 heavy (non-hydrogen) atoms. The molecular weight excluding hydrogens is 250 g/mol. The van der Waals surface area contributed by atoms with Gasteiger partial charge in [-0.05, 0) is 25.1 Å². The first-order chi connectivity index (χ1) is 8.33. The van der Waals surface area contributed by atoms with E-state index in [0.717, 1.165) is 30.5 Å². The Hall–Kier alpha value is -1.59. The van der Waals surface area contributed by atoms with Gasteiger partial charge in [-0.1, -0.05) is 12.1 Å². The number of aromatic nitrogens is 2. The summed E-state index contributed by atoms with van der Waals surface area (Å²) in [5, 5.41) is 6.64. The summed E-state index contributed by atoms with van der Waals surface area (Å²) >= 11 is 0. The maximum absolute atomic E-state index is 5.91. The van der Waals surface area contributed by atoms with Crippen LogP contribution < -0.4 is 16.4 Å². The van der Waals surface area contributed by atoms with Crippen molar-refractivity contribution >= 4 is 35.1 Å². The Labute approximate surface area is 112 Å². The van der Waals surface area contributed by atoms with Gasteiger partial charge in [-0.3, -0.25) is 0 Å². The molecule has 2 heterocycles. The van der Waals surface area contributed by atoms with E-state index < -0.39 is 0 Å². The smallest absolute Gasteiger partial charge is 0.169 e. The number of halogens is 1. The topological polar surface area (TPSA) is 75.9 Å². The molecule has 3 rings (SSSR count). The Morgan fingerprint density at radius 1 is 1.22 bits per heavy atom. The van der Waals surface area contributed by atoms with E-state index >= 15 is 0 Å². The van der Waals surface area contributed by atoms with Gasteiger partial charge in [0.1, 0.15) is 0 Å². The Balaban J connectivity index is 0.00000120. The van der Waals surface area contributed by atoms with Crippen molar-refractivity contribution in [3.8, 4) is 0 Å². The van der Waals surface area contributed by atoms with E-state index in [9.17, 15) is 0 Å². The molecule has 6 heteroatoms. The first-order valence-corrected chi connectivity index (χ1v) is 5.82. The average molecular weight is 266 g/mol. The molecular formula is C12H16ClN5. The van der Waals surface area contributed by atoms with E-state index in [1.807, 2.05) is 24.3 Å². The van der Waals surface area contributed by atoms with Crippen molar-refractivity contribution in [3.63, 3.8) is 0 Å². The number of anilines is 2. The third-order valence-corrected chi connectivity index (χ3v) is 3.00. The minimum absolute atomic E-state index is 0. The second-order valence-corrected chi connectivity index (χ2v) is 4.28. The number of nitrogens with one attached hydrogen (secondary N) is 2. The first-order valence-electron chi connectivity index (χ1n) is 5.82. The van der Waals surface area contributed by atoms with Crippen molar-refractivity contribution in [1.82, 2.24) is 15.3 Å². The number of nitrogen functional groups attached to an aromatic ring is 1. The number of fused-ring (bicyclic) bond motifs is 1. The van der Waals surface area contributed by atoms with E-state index in [0.29, 0.717) is 17.7 Å². The van der Waals surface area contributed by atoms with Crippen LogP contribution in [0.5, 0.6) is 0 Å². The van der Waals surface area contributed by atoms with Crippen LogP contribution in [0.1, 0.15) is 6.42 Å². The molecule has 0 bridgehead atoms. The highest BCUT2D eigenvalue weighted by molar-refractivity contribution is 5.85. The van der Waals surface area contributed by atoms with Gasteiger partial charge in [0.2, 0.25) is 0 Å². The van der Waals surface area contributed by atoms with Crippen molar-refractivity contribution in [1.29, 1.82) is 0 Å². The first kappa shape index (κ1) is 12.9. The maximum atomic E-state index is 5.91. The minimum Gasteiger partial charge on any atom is -0.381 e. The molecule has 1 aliphatic heterocycles. The summed E-state index contributed by atoms with van der Waals surface area (Å²) in [6.07, 6.45) is 1.09. The lowest BCUT2D eigenvalue weighted by molar-refractivity contribution is 0.788. The van der Waals surface area contributed by atoms with Crippen LogP contribution in [0.2, 0.25) is 0 Å². The predicted molar refractivity (Wildman–Crippen MR) is 76.1 cm³/mol. The normalized spacial score (nSPS) is 18.6. The number of benzene rings is 1. The Morgan fingerprint density at radius 3 is 2.61 bits per heavy atom. The van der Waals surface area contributed by atoms with E-state index in [-0.39, 0.29) is 12.4 Å². The van der Waals surface area contributed by atoms with Crippen molar-refractivity contribution in [2.75, 3.05) is 24.1 Å². The van der Waals surface area contributed by atoms with Gasteiger partial charge in [0.15, 0.2) is 11.6 Å². The molecule has 0 radical (unpaired) electrons. The largest absolute Gasteiger partial charge is 0.381 e. The molecule has 2 aromatic rings. The number of hydrogen-bond acceptors (Lipinski definition) is 5. The van der Waals surface area contributed by atoms with Gasteiger partial charge in [-0.2, -0.15) is 0 Å². The quantitative estimate of drug-likeness (QED) is 0.765. The summed E-state index contributed by atoms with van der Waals surface area (Å²) in [5.41, 5.74) is 7.61. The lowest BCUT2D eigenvalue weighted by atomic mass is 10.2. The summed E-state index contributed by atoms with van der Waals surface area (Å²) in [4.78, 5) is 8.86. The lowest BCUT2D eigenvalue weighted by Gasteiger charge is -2.13. The van der Waals surface area contributed by atoms with Crippen molar-refractivity contribution < 1.29 is 0 Å². The summed E-state index contributed by atoms with van der Waals surface area (Å²) < 4.78 is 0. The van der Waals surface area contributed by atoms with Gasteiger partial charge in [-0.15, -0.1) is 12.4 Å². The highest BCUT2D eigenvalue weighted by Crippen LogP contribution is 2.19. The van der Waals surface area contributed by atoms with Gasteiger partial charge in [0, 0.05) is 12.6 Å². The molecule has 1 aliphatic rings. The second kappa shape index (κ2) is 5.37. The summed E-state index contributed by atoms with van der Waals surface area (Å²) in [6, 6.07) is 8.14. The summed E-state index contributed by atoms with van der Waals surface area (Å²) in [7, 11) is 0. The average Bonchev–Trinajstić information content (AvgIpc) is 2.83. The Morgan fingerprint density at radius 2 is 1.94 bits per heavy atom. The van der Waals surface area contributed by atoms with Gasteiger partial charge in [0.25, 0.3) is 0 Å². The highest BCUT2D eigenvalue weighted by Gasteiger charge is 2.16. The molecule has 1 fully saturated rings. The van der Waals surface area contributed by atoms with Crippen LogP contribution in [-0.4, -0.2) is 29.1 Å². The number of hydrogen-bond donors (Lipinski definition) is 3. The molecule has 1 aromatic carbocycles. The predicted octanol–water partition coefficient (Wildman–Crippen LogP) is 1.41. The van der Waals surface area contributed by atoms with E-state index in [2.05, 4.69) is 20.6 Å². The van der Waals surface area contributed by atoms with Crippen LogP contribution >= 0.6 is 12.4 Å². The second-order valence-electron chi connectivity index (χ2n) is 4.28. The minimum atomic E-state index is 0. The Bertz CT molecular complexity index is 539. The highest BCUT2D eigenvalue weighted by atomic mass is 35.5. The fraction of sp³-hybridized carbons (Fsp3) is 0.333. The van der Waals surface area contributed by atoms with Crippen molar-refractivity contribution in [2.45, 2.75) is 12.5 Å². The molecule has 1 aromatic heterocycles. The third kappa shape index (κ3) is 2.47. The lowest BCUT2D eigenvalue weighted by Crippen LogP contribution is -2.23. The molecule has 0 unspecified atom stereocenters. The van der Waals surface area contributed by atoms with Crippen LogP contribution in [0, 0.1) is 0 Å². The van der Waals surface area contributed by atoms with Crippen LogP contribution in [0.3, 0.4) is 0 Å². The van der Waals surface area contributed by atoms with Gasteiger partial charge >= 0.3 is 0 Å². The van der Waals surface area contributed by atoms with Gasteiger partial charge < -0.3 is 16.4 Å². The summed E-state index contributed by atoms with van der Waals surface area (Å²) in [5.74, 6) is 1.16. The number of rotatable bonds is 2. The zero-order valence-electron chi connectivity index (χ0n) is 9.89. The van der Waals surface area contributed by atoms with E-state index in [4.69, 9.17) is 5.73 Å². The number of para-hydroxylation sites is 2. The molecule has 96 valence electrons. The standard InChI is InChI=1S/C12H15N5.ClH/c13-11-12(15-8-5-6-14-7-8)17-10-4-2-1-3-9(10)16-11;/h1-4,8,14H,5-7H2,(H2,13,16)(H,15,17);1H/t8-;/m0./s1. The van der Waals surface area contributed by atoms with Crippen molar-refractivity contribution in [3.05, 3.63) is 24.3 Å². The molecule has 4 N–H and O–H groups in total. The molecule has 0 spiro atoms. The van der Waals surface area contributed by atoms with Crippen LogP contribution in [-0.2, 0) is 0 Å². The SMILES string of the molecule is Cl.Nc1nc2ccccc2nc1N[C@H]1CCNC1. The maximum Gasteiger partial charge on any atom is 0.169 e. The fourth-order valence-corrected chi connectivity index (χ4v) is 2.09.